The van der Waals surface area contributed by atoms with Crippen LogP contribution in [-0.4, -0.2) is 30.4 Å². The van der Waals surface area contributed by atoms with Gasteiger partial charge in [-0.05, 0) is 55.8 Å². The van der Waals surface area contributed by atoms with E-state index in [9.17, 15) is 13.2 Å². The largest absolute Gasteiger partial charge is 0.350 e. The van der Waals surface area contributed by atoms with E-state index in [1.54, 1.807) is 48.9 Å². The van der Waals surface area contributed by atoms with Gasteiger partial charge in [0.15, 0.2) is 0 Å². The first-order chi connectivity index (χ1) is 16.3. The number of amides is 1. The van der Waals surface area contributed by atoms with Crippen LogP contribution in [0, 0.1) is 13.8 Å². The third-order valence-corrected chi connectivity index (χ3v) is 7.23. The Bertz CT molecular complexity index is 1350. The molecule has 0 aliphatic carbocycles. The Morgan fingerprint density at radius 1 is 0.912 bits per heavy atom. The quantitative estimate of drug-likeness (QED) is 0.418. The third-order valence-electron chi connectivity index (χ3n) is 5.45. The van der Waals surface area contributed by atoms with Crippen molar-refractivity contribution in [2.24, 2.45) is 0 Å². The maximum Gasteiger partial charge on any atom is 0.264 e. The lowest BCUT2D eigenvalue weighted by Gasteiger charge is -2.24. The number of rotatable bonds is 8. The molecule has 3 aromatic carbocycles. The van der Waals surface area contributed by atoms with Gasteiger partial charge < -0.3 is 9.88 Å². The van der Waals surface area contributed by atoms with Crippen molar-refractivity contribution in [2.45, 2.75) is 25.3 Å². The van der Waals surface area contributed by atoms with Crippen LogP contribution < -0.4 is 9.62 Å². The van der Waals surface area contributed by atoms with Gasteiger partial charge in [0, 0.05) is 24.6 Å². The maximum absolute atomic E-state index is 13.4. The fraction of sp³-hybridized carbons (Fsp3) is 0.154. The molecule has 1 N–H and O–H groups in total. The molecule has 1 aromatic heterocycles. The molecule has 1 amide bonds. The van der Waals surface area contributed by atoms with Crippen LogP contribution in [0.15, 0.2) is 96.4 Å². The minimum absolute atomic E-state index is 0.140. The average Bonchev–Trinajstić information content (AvgIpc) is 3.37. The number of benzene rings is 3. The molecule has 4 rings (SSSR count). The fourth-order valence-corrected chi connectivity index (χ4v) is 4.87. The Labute approximate surface area is 199 Å². The van der Waals surface area contributed by atoms with Gasteiger partial charge in [-0.2, -0.15) is 0 Å². The van der Waals surface area contributed by atoms with E-state index < -0.39 is 15.9 Å². The van der Waals surface area contributed by atoms with Crippen molar-refractivity contribution in [1.29, 1.82) is 0 Å². The first-order valence-electron chi connectivity index (χ1n) is 10.8. The summed E-state index contributed by atoms with van der Waals surface area (Å²) in [5.41, 5.74) is 4.26. The Morgan fingerprint density at radius 2 is 1.53 bits per heavy atom. The van der Waals surface area contributed by atoms with Gasteiger partial charge in [-0.25, -0.2) is 13.4 Å². The van der Waals surface area contributed by atoms with Crippen molar-refractivity contribution >= 4 is 21.6 Å². The van der Waals surface area contributed by atoms with Crippen LogP contribution in [-0.2, 0) is 21.4 Å². The SMILES string of the molecule is Cc1ccc(N(CC(=O)NCc2ccc(-n3ccnc3)cc2)S(=O)(=O)c2ccc(C)cc2)cc1. The molecule has 0 bridgehead atoms. The van der Waals surface area contributed by atoms with Crippen LogP contribution in [0.2, 0.25) is 0 Å². The zero-order valence-corrected chi connectivity index (χ0v) is 19.9. The number of nitrogens with zero attached hydrogens (tertiary/aromatic N) is 3. The van der Waals surface area contributed by atoms with Crippen LogP contribution in [0.4, 0.5) is 5.69 Å². The van der Waals surface area contributed by atoms with Crippen molar-refractivity contribution in [3.8, 4) is 5.69 Å². The van der Waals surface area contributed by atoms with Gasteiger partial charge in [-0.3, -0.25) is 9.10 Å². The van der Waals surface area contributed by atoms with E-state index in [1.165, 1.54) is 0 Å². The molecule has 0 atom stereocenters. The Balaban J connectivity index is 1.50. The predicted molar refractivity (Wildman–Crippen MR) is 132 cm³/mol. The zero-order valence-electron chi connectivity index (χ0n) is 19.0. The number of aryl methyl sites for hydroxylation is 2. The van der Waals surface area contributed by atoms with E-state index >= 15 is 0 Å². The highest BCUT2D eigenvalue weighted by Gasteiger charge is 2.27. The standard InChI is InChI=1S/C26H26N4O3S/c1-20-3-9-24(10-4-20)30(34(32,33)25-13-5-21(2)6-14-25)18-26(31)28-17-22-7-11-23(12-8-22)29-16-15-27-19-29/h3-16,19H,17-18H2,1-2H3,(H,28,31). The molecule has 0 saturated heterocycles. The number of carbonyl (C=O) groups excluding carboxylic acids is 1. The van der Waals surface area contributed by atoms with Crippen molar-refractivity contribution in [3.05, 3.63) is 108 Å². The number of carbonyl (C=O) groups is 1. The van der Waals surface area contributed by atoms with Gasteiger partial charge in [0.2, 0.25) is 5.91 Å². The summed E-state index contributed by atoms with van der Waals surface area (Å²) in [6, 6.07) is 21.4. The highest BCUT2D eigenvalue weighted by atomic mass is 32.2. The smallest absolute Gasteiger partial charge is 0.264 e. The van der Waals surface area contributed by atoms with E-state index in [4.69, 9.17) is 0 Å². The van der Waals surface area contributed by atoms with Gasteiger partial charge in [0.25, 0.3) is 10.0 Å². The summed E-state index contributed by atoms with van der Waals surface area (Å²) in [5, 5.41) is 2.83. The van der Waals surface area contributed by atoms with Gasteiger partial charge >= 0.3 is 0 Å². The van der Waals surface area contributed by atoms with Crippen LogP contribution in [0.5, 0.6) is 0 Å². The maximum atomic E-state index is 13.4. The first-order valence-corrected chi connectivity index (χ1v) is 12.3. The number of aromatic nitrogens is 2. The molecule has 4 aromatic rings. The predicted octanol–water partition coefficient (Wildman–Crippen LogP) is 4.00. The second-order valence-corrected chi connectivity index (χ2v) is 9.94. The van der Waals surface area contributed by atoms with Gasteiger partial charge in [0.1, 0.15) is 6.54 Å². The molecule has 0 spiro atoms. The summed E-state index contributed by atoms with van der Waals surface area (Å²) >= 11 is 0. The lowest BCUT2D eigenvalue weighted by atomic mass is 10.2. The van der Waals surface area contributed by atoms with E-state index in [0.29, 0.717) is 5.69 Å². The molecule has 174 valence electrons. The molecule has 0 aliphatic rings. The van der Waals surface area contributed by atoms with Crippen LogP contribution >= 0.6 is 0 Å². The summed E-state index contributed by atoms with van der Waals surface area (Å²) < 4.78 is 29.9. The number of imidazole rings is 1. The van der Waals surface area contributed by atoms with E-state index in [2.05, 4.69) is 10.3 Å². The van der Waals surface area contributed by atoms with E-state index in [0.717, 1.165) is 26.7 Å². The summed E-state index contributed by atoms with van der Waals surface area (Å²) in [4.78, 5) is 17.0. The monoisotopic (exact) mass is 474 g/mol. The fourth-order valence-electron chi connectivity index (χ4n) is 3.45. The summed E-state index contributed by atoms with van der Waals surface area (Å²) in [6.45, 7) is 3.78. The van der Waals surface area contributed by atoms with Gasteiger partial charge in [0.05, 0.1) is 16.9 Å². The summed E-state index contributed by atoms with van der Waals surface area (Å²) in [6.07, 6.45) is 5.27. The van der Waals surface area contributed by atoms with Crippen molar-refractivity contribution in [1.82, 2.24) is 14.9 Å². The average molecular weight is 475 g/mol. The number of hydrogen-bond acceptors (Lipinski definition) is 4. The Morgan fingerprint density at radius 3 is 2.12 bits per heavy atom. The molecule has 0 fully saturated rings. The normalized spacial score (nSPS) is 11.2. The van der Waals surface area contributed by atoms with Crippen molar-refractivity contribution < 1.29 is 13.2 Å². The summed E-state index contributed by atoms with van der Waals surface area (Å²) in [5.74, 6) is -0.394. The summed E-state index contributed by atoms with van der Waals surface area (Å²) in [7, 11) is -3.93. The highest BCUT2D eigenvalue weighted by molar-refractivity contribution is 7.92. The molecule has 0 saturated carbocycles. The first kappa shape index (κ1) is 23.3. The van der Waals surface area contributed by atoms with Crippen molar-refractivity contribution in [3.63, 3.8) is 0 Å². The van der Waals surface area contributed by atoms with E-state index in [1.807, 2.05) is 61.0 Å². The Hall–Kier alpha value is -3.91. The lowest BCUT2D eigenvalue weighted by Crippen LogP contribution is -2.40. The molecule has 8 heteroatoms. The third kappa shape index (κ3) is 5.35. The van der Waals surface area contributed by atoms with Gasteiger partial charge in [-0.1, -0.05) is 47.5 Å². The minimum Gasteiger partial charge on any atom is -0.350 e. The number of nitrogens with one attached hydrogen (secondary N) is 1. The van der Waals surface area contributed by atoms with Crippen molar-refractivity contribution in [2.75, 3.05) is 10.8 Å². The number of anilines is 1. The zero-order chi connectivity index (χ0) is 24.1. The number of sulfonamides is 1. The molecule has 1 heterocycles. The van der Waals surface area contributed by atoms with Crippen LogP contribution in [0.1, 0.15) is 16.7 Å². The second-order valence-electron chi connectivity index (χ2n) is 8.07. The molecule has 0 radical (unpaired) electrons. The topological polar surface area (TPSA) is 84.3 Å². The number of hydrogen-bond donors (Lipinski definition) is 1. The molecule has 0 aliphatic heterocycles. The highest BCUT2D eigenvalue weighted by Crippen LogP contribution is 2.24. The second kappa shape index (κ2) is 9.93. The molecule has 34 heavy (non-hydrogen) atoms. The van der Waals surface area contributed by atoms with E-state index in [-0.39, 0.29) is 18.0 Å². The van der Waals surface area contributed by atoms with Crippen LogP contribution in [0.25, 0.3) is 5.69 Å². The molecule has 7 nitrogen and oxygen atoms in total. The Kier molecular flexibility index (Phi) is 6.79. The minimum atomic E-state index is -3.93. The van der Waals surface area contributed by atoms with Crippen LogP contribution in [0.3, 0.4) is 0 Å². The molecular formula is C26H26N4O3S. The lowest BCUT2D eigenvalue weighted by molar-refractivity contribution is -0.119. The van der Waals surface area contributed by atoms with Gasteiger partial charge in [-0.15, -0.1) is 0 Å². The molecular weight excluding hydrogens is 448 g/mol. The molecule has 0 unspecified atom stereocenters.